The quantitative estimate of drug-likeness (QED) is 0.0222. The number of esters is 4. The topological polar surface area (TPSA) is 237 Å². The molecule has 0 fully saturated rings. The minimum atomic E-state index is -4.97. The molecule has 0 saturated heterocycles. The maximum atomic E-state index is 13.2. The Morgan fingerprint density at radius 2 is 0.481 bits per heavy atom. The van der Waals surface area contributed by atoms with Crippen molar-refractivity contribution in [3.05, 3.63) is 0 Å². The van der Waals surface area contributed by atoms with Crippen LogP contribution in [0.3, 0.4) is 0 Å². The first-order valence-electron chi connectivity index (χ1n) is 44.9. The van der Waals surface area contributed by atoms with E-state index in [-0.39, 0.29) is 25.7 Å². The number of hydrogen-bond acceptors (Lipinski definition) is 15. The van der Waals surface area contributed by atoms with Gasteiger partial charge < -0.3 is 33.8 Å². The van der Waals surface area contributed by atoms with E-state index in [0.717, 1.165) is 108 Å². The summed E-state index contributed by atoms with van der Waals surface area (Å²) < 4.78 is 68.9. The molecule has 0 aliphatic carbocycles. The zero-order valence-electron chi connectivity index (χ0n) is 69.9. The lowest BCUT2D eigenvalue weighted by Crippen LogP contribution is -2.30. The van der Waals surface area contributed by atoms with Crippen LogP contribution in [0.25, 0.3) is 0 Å². The Labute approximate surface area is 651 Å². The van der Waals surface area contributed by atoms with Crippen molar-refractivity contribution in [2.24, 2.45) is 17.8 Å². The number of aliphatic hydroxyl groups excluding tert-OH is 1. The molecule has 3 unspecified atom stereocenters. The van der Waals surface area contributed by atoms with E-state index in [4.69, 9.17) is 37.0 Å². The molecule has 6 atom stereocenters. The van der Waals surface area contributed by atoms with Crippen molar-refractivity contribution in [1.82, 2.24) is 0 Å². The fourth-order valence-corrected chi connectivity index (χ4v) is 15.1. The molecule has 0 saturated carbocycles. The standard InChI is InChI=1S/C87H170O17P2/c1-8-10-11-12-13-14-15-16-17-23-30-35-40-49-56-63-70-87(92)104-83(75-98-85(90)69-62-55-48-43-42-45-52-59-66-79(5)6)77-102-106(95,96)100-73-81(88)72-99-105(93,94)101-76-82(74-97-84(89)68-61-54-47-39-34-29-26-25-27-32-37-44-51-58-65-78(3)4)103-86(91)71-64-57-50-41-36-31-24-21-19-18-20-22-28-33-38-46-53-60-67-80(7)9-2/h78-83,88H,8-77H2,1-7H3,(H,93,94)(H,95,96)/t80?,81-,82-,83-/m1/s1. The molecule has 0 rings (SSSR count). The molecule has 0 amide bonds. The van der Waals surface area contributed by atoms with Gasteiger partial charge in [-0.1, -0.05) is 408 Å². The summed E-state index contributed by atoms with van der Waals surface area (Å²) >= 11 is 0. The minimum Gasteiger partial charge on any atom is -0.462 e. The Balaban J connectivity index is 5.24. The van der Waals surface area contributed by atoms with Gasteiger partial charge in [0.15, 0.2) is 12.2 Å². The van der Waals surface area contributed by atoms with E-state index in [9.17, 15) is 43.2 Å². The van der Waals surface area contributed by atoms with Crippen LogP contribution in [0.5, 0.6) is 0 Å². The minimum absolute atomic E-state index is 0.108. The highest BCUT2D eigenvalue weighted by molar-refractivity contribution is 7.47. The second-order valence-corrected chi connectivity index (χ2v) is 35.4. The van der Waals surface area contributed by atoms with Crippen molar-refractivity contribution in [1.29, 1.82) is 0 Å². The Morgan fingerprint density at radius 3 is 0.717 bits per heavy atom. The van der Waals surface area contributed by atoms with E-state index in [1.807, 2.05) is 0 Å². The molecule has 0 aliphatic rings. The Morgan fingerprint density at radius 1 is 0.274 bits per heavy atom. The fraction of sp³-hybridized carbons (Fsp3) is 0.954. The predicted octanol–water partition coefficient (Wildman–Crippen LogP) is 26.5. The van der Waals surface area contributed by atoms with Gasteiger partial charge in [0.1, 0.15) is 19.3 Å². The molecule has 0 aromatic heterocycles. The second-order valence-electron chi connectivity index (χ2n) is 32.5. The first kappa shape index (κ1) is 104. The molecule has 0 spiro atoms. The summed E-state index contributed by atoms with van der Waals surface area (Å²) in [5, 5.41) is 10.7. The zero-order chi connectivity index (χ0) is 77.9. The van der Waals surface area contributed by atoms with Crippen LogP contribution in [0.4, 0.5) is 0 Å². The zero-order valence-corrected chi connectivity index (χ0v) is 71.7. The molecule has 0 bridgehead atoms. The van der Waals surface area contributed by atoms with Gasteiger partial charge in [-0.3, -0.25) is 37.3 Å². The molecule has 0 radical (unpaired) electrons. The van der Waals surface area contributed by atoms with Crippen LogP contribution in [0, 0.1) is 17.8 Å². The van der Waals surface area contributed by atoms with Crippen LogP contribution in [0.15, 0.2) is 0 Å². The van der Waals surface area contributed by atoms with Gasteiger partial charge in [0.2, 0.25) is 0 Å². The lowest BCUT2D eigenvalue weighted by molar-refractivity contribution is -0.161. The van der Waals surface area contributed by atoms with Crippen molar-refractivity contribution in [2.75, 3.05) is 39.6 Å². The van der Waals surface area contributed by atoms with E-state index in [2.05, 4.69) is 48.5 Å². The molecule has 17 nitrogen and oxygen atoms in total. The highest BCUT2D eigenvalue weighted by Crippen LogP contribution is 2.45. The van der Waals surface area contributed by atoms with Crippen molar-refractivity contribution < 1.29 is 80.2 Å². The van der Waals surface area contributed by atoms with Gasteiger partial charge in [0.05, 0.1) is 26.4 Å². The van der Waals surface area contributed by atoms with E-state index in [1.54, 1.807) is 0 Å². The van der Waals surface area contributed by atoms with E-state index in [0.29, 0.717) is 25.7 Å². The van der Waals surface area contributed by atoms with Gasteiger partial charge in [0.25, 0.3) is 0 Å². The number of carbonyl (C=O) groups is 4. The molecule has 3 N–H and O–H groups in total. The summed E-state index contributed by atoms with van der Waals surface area (Å²) in [6, 6.07) is 0. The van der Waals surface area contributed by atoms with E-state index < -0.39 is 97.5 Å². The van der Waals surface area contributed by atoms with Crippen LogP contribution in [0.1, 0.15) is 459 Å². The van der Waals surface area contributed by atoms with E-state index in [1.165, 1.54) is 270 Å². The van der Waals surface area contributed by atoms with E-state index >= 15 is 0 Å². The Bertz CT molecular complexity index is 2050. The van der Waals surface area contributed by atoms with Gasteiger partial charge in [-0.15, -0.1) is 0 Å². The van der Waals surface area contributed by atoms with Gasteiger partial charge >= 0.3 is 39.5 Å². The third kappa shape index (κ3) is 78.7. The Kier molecular flexibility index (Phi) is 75.6. The molecule has 19 heteroatoms. The number of ether oxygens (including phenoxy) is 4. The molecular formula is C87H170O17P2. The van der Waals surface area contributed by atoms with Crippen molar-refractivity contribution in [3.8, 4) is 0 Å². The highest BCUT2D eigenvalue weighted by Gasteiger charge is 2.31. The number of rotatable bonds is 85. The summed E-state index contributed by atoms with van der Waals surface area (Å²) in [6.07, 6.45) is 68.0. The maximum absolute atomic E-state index is 13.2. The molecule has 630 valence electrons. The first-order valence-corrected chi connectivity index (χ1v) is 47.9. The number of unbranched alkanes of at least 4 members (excludes halogenated alkanes) is 52. The lowest BCUT2D eigenvalue weighted by atomic mass is 9.99. The van der Waals surface area contributed by atoms with Gasteiger partial charge in [-0.05, 0) is 43.4 Å². The fourth-order valence-electron chi connectivity index (χ4n) is 13.5. The first-order chi connectivity index (χ1) is 51.3. The Hall–Kier alpha value is -1.94. The number of hydrogen-bond donors (Lipinski definition) is 3. The summed E-state index contributed by atoms with van der Waals surface area (Å²) in [7, 11) is -9.93. The molecule has 0 heterocycles. The van der Waals surface area contributed by atoms with Crippen LogP contribution in [-0.2, 0) is 65.4 Å². The number of carbonyl (C=O) groups excluding carboxylic acids is 4. The summed E-state index contributed by atoms with van der Waals surface area (Å²) in [6.45, 7) is 12.0. The number of phosphoric acid groups is 2. The number of phosphoric ester groups is 2. The van der Waals surface area contributed by atoms with Crippen LogP contribution in [0.2, 0.25) is 0 Å². The van der Waals surface area contributed by atoms with Gasteiger partial charge in [-0.25, -0.2) is 9.13 Å². The molecule has 0 aromatic rings. The van der Waals surface area contributed by atoms with Crippen LogP contribution in [-0.4, -0.2) is 96.7 Å². The second kappa shape index (κ2) is 77.0. The van der Waals surface area contributed by atoms with Crippen LogP contribution >= 0.6 is 15.6 Å². The maximum Gasteiger partial charge on any atom is 0.472 e. The van der Waals surface area contributed by atoms with Gasteiger partial charge in [0, 0.05) is 25.7 Å². The molecule has 0 aliphatic heterocycles. The van der Waals surface area contributed by atoms with Crippen molar-refractivity contribution >= 4 is 39.5 Å². The number of aliphatic hydroxyl groups is 1. The molecule has 0 aromatic carbocycles. The van der Waals surface area contributed by atoms with Crippen molar-refractivity contribution in [3.63, 3.8) is 0 Å². The highest BCUT2D eigenvalue weighted by atomic mass is 31.2. The lowest BCUT2D eigenvalue weighted by Gasteiger charge is -2.21. The van der Waals surface area contributed by atoms with Gasteiger partial charge in [-0.2, -0.15) is 0 Å². The molecule has 106 heavy (non-hydrogen) atoms. The summed E-state index contributed by atoms with van der Waals surface area (Å²) in [5.41, 5.74) is 0. The predicted molar refractivity (Wildman–Crippen MR) is 437 cm³/mol. The SMILES string of the molecule is CCCCCCCCCCCCCCCCCCC(=O)O[C@H](COC(=O)CCCCCCCCCCC(C)C)COP(=O)(O)OC[C@H](O)COP(=O)(O)OC[C@@H](COC(=O)CCCCCCCCCCCCCCCCC(C)C)OC(=O)CCCCCCCCCCCCCCCCCCCCC(C)CC. The van der Waals surface area contributed by atoms with Crippen LogP contribution < -0.4 is 0 Å². The van der Waals surface area contributed by atoms with Crippen molar-refractivity contribution in [2.45, 2.75) is 478 Å². The third-order valence-corrected chi connectivity index (χ3v) is 22.6. The molecular weight excluding hydrogens is 1380 g/mol. The average molecular weight is 1550 g/mol. The summed E-state index contributed by atoms with van der Waals surface area (Å²) in [5.74, 6) is 0.294. The smallest absolute Gasteiger partial charge is 0.462 e. The summed E-state index contributed by atoms with van der Waals surface area (Å²) in [4.78, 5) is 73.3. The monoisotopic (exact) mass is 1550 g/mol. The average Bonchev–Trinajstić information content (AvgIpc) is 0.933. The third-order valence-electron chi connectivity index (χ3n) is 20.7. The largest absolute Gasteiger partial charge is 0.472 e. The normalized spacial score (nSPS) is 14.1.